The minimum atomic E-state index is -0.305. The number of nitrogens with one attached hydrogen (secondary N) is 1. The van der Waals surface area contributed by atoms with Crippen LogP contribution in [0.1, 0.15) is 41.6 Å². The van der Waals surface area contributed by atoms with Crippen molar-refractivity contribution >= 4 is 5.97 Å². The first-order chi connectivity index (χ1) is 9.79. The highest BCUT2D eigenvalue weighted by Crippen LogP contribution is 2.11. The van der Waals surface area contributed by atoms with Crippen LogP contribution < -0.4 is 5.32 Å². The van der Waals surface area contributed by atoms with E-state index in [1.54, 1.807) is 12.1 Å². The van der Waals surface area contributed by atoms with Crippen molar-refractivity contribution in [2.24, 2.45) is 0 Å². The fraction of sp³-hybridized carbons (Fsp3) is 0.562. The van der Waals surface area contributed by atoms with Gasteiger partial charge in [-0.3, -0.25) is 0 Å². The summed E-state index contributed by atoms with van der Waals surface area (Å²) in [6, 6.07) is 7.97. The molecule has 1 aliphatic rings. The Bertz CT molecular complexity index is 410. The minimum absolute atomic E-state index is 0.305. The summed E-state index contributed by atoms with van der Waals surface area (Å²) in [6.45, 7) is 2.50. The lowest BCUT2D eigenvalue weighted by atomic mass is 10.0. The molecule has 0 aliphatic carbocycles. The lowest BCUT2D eigenvalue weighted by Gasteiger charge is -2.23. The van der Waals surface area contributed by atoms with Crippen molar-refractivity contribution < 1.29 is 14.3 Å². The zero-order chi connectivity index (χ0) is 14.2. The van der Waals surface area contributed by atoms with Crippen LogP contribution in [0.4, 0.5) is 0 Å². The number of carbonyl (C=O) groups is 1. The smallest absolute Gasteiger partial charge is 0.337 e. The Morgan fingerprint density at radius 1 is 1.30 bits per heavy atom. The molecule has 2 rings (SSSR count). The van der Waals surface area contributed by atoms with Crippen LogP contribution in [0.15, 0.2) is 24.3 Å². The van der Waals surface area contributed by atoms with Gasteiger partial charge in [-0.1, -0.05) is 18.6 Å². The number of benzene rings is 1. The van der Waals surface area contributed by atoms with Gasteiger partial charge in [0.1, 0.15) is 0 Å². The third-order valence-corrected chi connectivity index (χ3v) is 3.67. The van der Waals surface area contributed by atoms with E-state index in [9.17, 15) is 4.79 Å². The van der Waals surface area contributed by atoms with Crippen LogP contribution >= 0.6 is 0 Å². The summed E-state index contributed by atoms with van der Waals surface area (Å²) in [5, 5.41) is 3.51. The first-order valence-electron chi connectivity index (χ1n) is 7.28. The van der Waals surface area contributed by atoms with Gasteiger partial charge < -0.3 is 14.8 Å². The highest BCUT2D eigenvalue weighted by Gasteiger charge is 2.11. The van der Waals surface area contributed by atoms with Gasteiger partial charge in [0, 0.05) is 12.6 Å². The fourth-order valence-corrected chi connectivity index (χ4v) is 2.44. The monoisotopic (exact) mass is 277 g/mol. The number of piperidine rings is 1. The molecule has 110 valence electrons. The molecule has 1 unspecified atom stereocenters. The maximum atomic E-state index is 11.3. The van der Waals surface area contributed by atoms with Gasteiger partial charge in [0.2, 0.25) is 0 Å². The first-order valence-corrected chi connectivity index (χ1v) is 7.28. The Balaban J connectivity index is 1.67. The van der Waals surface area contributed by atoms with Crippen LogP contribution in [0.5, 0.6) is 0 Å². The van der Waals surface area contributed by atoms with Crippen LogP contribution in [0.2, 0.25) is 0 Å². The highest BCUT2D eigenvalue weighted by atomic mass is 16.5. The average Bonchev–Trinajstić information content (AvgIpc) is 2.52. The molecule has 1 saturated heterocycles. The van der Waals surface area contributed by atoms with E-state index in [-0.39, 0.29) is 5.97 Å². The average molecular weight is 277 g/mol. The lowest BCUT2D eigenvalue weighted by Crippen LogP contribution is -2.34. The third-order valence-electron chi connectivity index (χ3n) is 3.67. The van der Waals surface area contributed by atoms with Gasteiger partial charge in [-0.05, 0) is 43.5 Å². The van der Waals surface area contributed by atoms with Gasteiger partial charge in [0.05, 0.1) is 19.3 Å². The van der Waals surface area contributed by atoms with Crippen LogP contribution in [-0.4, -0.2) is 32.3 Å². The molecule has 1 fully saturated rings. The van der Waals surface area contributed by atoms with Crippen LogP contribution in [0.25, 0.3) is 0 Å². The molecule has 0 aromatic heterocycles. The van der Waals surface area contributed by atoms with E-state index in [1.165, 1.54) is 26.4 Å². The maximum Gasteiger partial charge on any atom is 0.337 e. The van der Waals surface area contributed by atoms with Crippen molar-refractivity contribution in [2.45, 2.75) is 38.3 Å². The van der Waals surface area contributed by atoms with Crippen molar-refractivity contribution in [2.75, 3.05) is 20.3 Å². The van der Waals surface area contributed by atoms with Crippen LogP contribution in [0.3, 0.4) is 0 Å². The van der Waals surface area contributed by atoms with Gasteiger partial charge in [-0.15, -0.1) is 0 Å². The number of hydrogen-bond donors (Lipinski definition) is 1. The standard InChI is InChI=1S/C16H23NO3/c1-19-16(18)14-7-5-13(6-8-14)12-20-11-9-15-4-2-3-10-17-15/h5-8,15,17H,2-4,9-12H2,1H3. The normalized spacial score (nSPS) is 18.8. The SMILES string of the molecule is COC(=O)c1ccc(COCCC2CCCCN2)cc1. The number of carbonyl (C=O) groups excluding carboxylic acids is 1. The Hall–Kier alpha value is -1.39. The lowest BCUT2D eigenvalue weighted by molar-refractivity contribution is 0.0600. The molecule has 0 amide bonds. The number of hydrogen-bond acceptors (Lipinski definition) is 4. The predicted octanol–water partition coefficient (Wildman–Crippen LogP) is 2.52. The van der Waals surface area contributed by atoms with E-state index >= 15 is 0 Å². The Morgan fingerprint density at radius 3 is 2.75 bits per heavy atom. The summed E-state index contributed by atoms with van der Waals surface area (Å²) in [7, 11) is 1.39. The van der Waals surface area contributed by atoms with E-state index in [0.717, 1.165) is 25.1 Å². The van der Waals surface area contributed by atoms with Crippen molar-refractivity contribution in [3.63, 3.8) is 0 Å². The quantitative estimate of drug-likeness (QED) is 0.641. The number of ether oxygens (including phenoxy) is 2. The van der Waals surface area contributed by atoms with Gasteiger partial charge >= 0.3 is 5.97 Å². The van der Waals surface area contributed by atoms with E-state index in [2.05, 4.69) is 10.1 Å². The molecule has 1 aromatic rings. The molecule has 0 saturated carbocycles. The van der Waals surface area contributed by atoms with E-state index in [0.29, 0.717) is 18.2 Å². The van der Waals surface area contributed by atoms with E-state index in [1.807, 2.05) is 12.1 Å². The fourth-order valence-electron chi connectivity index (χ4n) is 2.44. The van der Waals surface area contributed by atoms with E-state index in [4.69, 9.17) is 4.74 Å². The molecule has 20 heavy (non-hydrogen) atoms. The molecular weight excluding hydrogens is 254 g/mol. The second kappa shape index (κ2) is 8.02. The summed E-state index contributed by atoms with van der Waals surface area (Å²) < 4.78 is 10.4. The highest BCUT2D eigenvalue weighted by molar-refractivity contribution is 5.89. The van der Waals surface area contributed by atoms with Crippen molar-refractivity contribution in [1.29, 1.82) is 0 Å². The number of methoxy groups -OCH3 is 1. The predicted molar refractivity (Wildman–Crippen MR) is 77.7 cm³/mol. The molecule has 0 spiro atoms. The van der Waals surface area contributed by atoms with Gasteiger partial charge in [-0.2, -0.15) is 0 Å². The summed E-state index contributed by atoms with van der Waals surface area (Å²) in [6.07, 6.45) is 4.95. The largest absolute Gasteiger partial charge is 0.465 e. The molecule has 4 nitrogen and oxygen atoms in total. The van der Waals surface area contributed by atoms with Crippen molar-refractivity contribution in [1.82, 2.24) is 5.32 Å². The van der Waals surface area contributed by atoms with Gasteiger partial charge in [0.15, 0.2) is 0 Å². The molecular formula is C16H23NO3. The molecule has 0 bridgehead atoms. The topological polar surface area (TPSA) is 47.6 Å². The molecule has 1 aliphatic heterocycles. The van der Waals surface area contributed by atoms with Crippen LogP contribution in [0, 0.1) is 0 Å². The van der Waals surface area contributed by atoms with E-state index < -0.39 is 0 Å². The van der Waals surface area contributed by atoms with Crippen LogP contribution in [-0.2, 0) is 16.1 Å². The summed E-state index contributed by atoms with van der Waals surface area (Å²) >= 11 is 0. The Labute approximate surface area is 120 Å². The minimum Gasteiger partial charge on any atom is -0.465 e. The second-order valence-corrected chi connectivity index (χ2v) is 5.18. The Kier molecular flexibility index (Phi) is 6.02. The maximum absolute atomic E-state index is 11.3. The molecule has 1 aromatic carbocycles. The zero-order valence-electron chi connectivity index (χ0n) is 12.1. The molecule has 1 N–H and O–H groups in total. The third kappa shape index (κ3) is 4.62. The summed E-state index contributed by atoms with van der Waals surface area (Å²) in [5.74, 6) is -0.305. The first kappa shape index (κ1) is 15.0. The molecule has 0 radical (unpaired) electrons. The molecule has 1 heterocycles. The molecule has 1 atom stereocenters. The number of esters is 1. The van der Waals surface area contributed by atoms with Gasteiger partial charge in [-0.25, -0.2) is 4.79 Å². The van der Waals surface area contributed by atoms with Gasteiger partial charge in [0.25, 0.3) is 0 Å². The zero-order valence-corrected chi connectivity index (χ0v) is 12.1. The van der Waals surface area contributed by atoms with Crippen molar-refractivity contribution in [3.05, 3.63) is 35.4 Å². The summed E-state index contributed by atoms with van der Waals surface area (Å²) in [5.41, 5.74) is 1.65. The Morgan fingerprint density at radius 2 is 2.10 bits per heavy atom. The number of rotatable bonds is 6. The summed E-state index contributed by atoms with van der Waals surface area (Å²) in [4.78, 5) is 11.3. The molecule has 4 heteroatoms. The second-order valence-electron chi connectivity index (χ2n) is 5.18. The van der Waals surface area contributed by atoms with Crippen molar-refractivity contribution in [3.8, 4) is 0 Å².